The smallest absolute Gasteiger partial charge is 0.0703 e. The summed E-state index contributed by atoms with van der Waals surface area (Å²) in [6.07, 6.45) is 6.53. The van der Waals surface area contributed by atoms with Gasteiger partial charge in [-0.15, -0.1) is 0 Å². The van der Waals surface area contributed by atoms with E-state index < -0.39 is 0 Å². The maximum absolute atomic E-state index is 5.98. The van der Waals surface area contributed by atoms with E-state index in [4.69, 9.17) is 10.5 Å². The van der Waals surface area contributed by atoms with Crippen LogP contribution in [0, 0.1) is 0 Å². The molecule has 0 spiro atoms. The summed E-state index contributed by atoms with van der Waals surface area (Å²) in [5, 5.41) is 4.41. The average Bonchev–Trinajstić information content (AvgIpc) is 3.00. The number of nitrogens with two attached hydrogens (primary N) is 1. The summed E-state index contributed by atoms with van der Waals surface area (Å²) < 4.78 is 7.66. The quantitative estimate of drug-likeness (QED) is 0.845. The van der Waals surface area contributed by atoms with Crippen molar-refractivity contribution in [3.8, 4) is 0 Å². The number of aryl methyl sites for hydroxylation is 1. The maximum Gasteiger partial charge on any atom is 0.0703 e. The summed E-state index contributed by atoms with van der Waals surface area (Å²) in [7, 11) is 2.14. The summed E-state index contributed by atoms with van der Waals surface area (Å²) >= 11 is 0. The third-order valence-corrected chi connectivity index (χ3v) is 4.06. The first kappa shape index (κ1) is 14.5. The highest BCUT2D eigenvalue weighted by molar-refractivity contribution is 5.12. The monoisotopic (exact) mass is 266 g/mol. The molecule has 0 bridgehead atoms. The second-order valence-electron chi connectivity index (χ2n) is 5.39. The van der Waals surface area contributed by atoms with Crippen molar-refractivity contribution < 1.29 is 4.74 Å². The van der Waals surface area contributed by atoms with Gasteiger partial charge < -0.3 is 10.5 Å². The third kappa shape index (κ3) is 3.16. The number of ether oxygens (including phenoxy) is 1. The van der Waals surface area contributed by atoms with E-state index in [1.54, 1.807) is 0 Å². The van der Waals surface area contributed by atoms with Crippen LogP contribution in [0.5, 0.6) is 0 Å². The van der Waals surface area contributed by atoms with E-state index in [0.29, 0.717) is 12.6 Å². The normalized spacial score (nSPS) is 25.1. The Labute approximate surface area is 115 Å². The van der Waals surface area contributed by atoms with Crippen LogP contribution >= 0.6 is 0 Å². The number of hydrogen-bond acceptors (Lipinski definition) is 4. The molecule has 1 aromatic heterocycles. The summed E-state index contributed by atoms with van der Waals surface area (Å²) in [6.45, 7) is 6.72. The Morgan fingerprint density at radius 2 is 2.42 bits per heavy atom. The van der Waals surface area contributed by atoms with Crippen LogP contribution in [-0.2, 0) is 11.3 Å². The Morgan fingerprint density at radius 1 is 1.63 bits per heavy atom. The lowest BCUT2D eigenvalue weighted by Gasteiger charge is -2.33. The van der Waals surface area contributed by atoms with Gasteiger partial charge in [0.15, 0.2) is 0 Å². The van der Waals surface area contributed by atoms with E-state index in [-0.39, 0.29) is 12.1 Å². The largest absolute Gasteiger partial charge is 0.377 e. The lowest BCUT2D eigenvalue weighted by molar-refractivity contribution is 0.0686. The second-order valence-corrected chi connectivity index (χ2v) is 5.39. The molecule has 108 valence electrons. The molecule has 1 saturated heterocycles. The number of likely N-dealkylation sites (N-methyl/N-ethyl adjacent to an activating group) is 1. The van der Waals surface area contributed by atoms with Crippen LogP contribution in [0.15, 0.2) is 12.4 Å². The van der Waals surface area contributed by atoms with E-state index in [9.17, 15) is 0 Å². The van der Waals surface area contributed by atoms with E-state index in [1.165, 1.54) is 5.56 Å². The Bertz CT molecular complexity index is 393. The molecule has 2 N–H and O–H groups in total. The number of nitrogens with zero attached hydrogens (tertiary/aromatic N) is 3. The molecule has 5 heteroatoms. The zero-order valence-corrected chi connectivity index (χ0v) is 12.2. The van der Waals surface area contributed by atoms with Crippen LogP contribution in [0.2, 0.25) is 0 Å². The Kier molecular flexibility index (Phi) is 4.96. The molecule has 1 fully saturated rings. The SMILES string of the molecule is CCCn1cc(C(CN)N(C)C2CCOC2C)cn1. The van der Waals surface area contributed by atoms with Gasteiger partial charge in [0.05, 0.1) is 18.3 Å². The highest BCUT2D eigenvalue weighted by Gasteiger charge is 2.32. The van der Waals surface area contributed by atoms with Crippen molar-refractivity contribution in [1.29, 1.82) is 0 Å². The van der Waals surface area contributed by atoms with Gasteiger partial charge in [0.1, 0.15) is 0 Å². The molecule has 3 unspecified atom stereocenters. The molecule has 0 radical (unpaired) electrons. The van der Waals surface area contributed by atoms with Gasteiger partial charge in [-0.1, -0.05) is 6.92 Å². The van der Waals surface area contributed by atoms with Crippen molar-refractivity contribution in [3.63, 3.8) is 0 Å². The van der Waals surface area contributed by atoms with Crippen molar-refractivity contribution in [2.24, 2.45) is 5.73 Å². The van der Waals surface area contributed by atoms with Crippen LogP contribution < -0.4 is 5.73 Å². The predicted molar refractivity (Wildman–Crippen MR) is 75.9 cm³/mol. The predicted octanol–water partition coefficient (Wildman–Crippen LogP) is 1.40. The fourth-order valence-electron chi connectivity index (χ4n) is 2.93. The van der Waals surface area contributed by atoms with Crippen molar-refractivity contribution in [2.75, 3.05) is 20.2 Å². The number of rotatable bonds is 6. The standard InChI is InChI=1S/C14H26N4O/c1-4-6-18-10-12(9-16-18)14(8-15)17(3)13-5-7-19-11(13)2/h9-11,13-14H,4-8,15H2,1-3H3. The summed E-state index contributed by atoms with van der Waals surface area (Å²) in [5.74, 6) is 0. The van der Waals surface area contributed by atoms with Crippen molar-refractivity contribution >= 4 is 0 Å². The molecule has 0 aliphatic carbocycles. The molecule has 1 aliphatic heterocycles. The Balaban J connectivity index is 2.09. The van der Waals surface area contributed by atoms with Gasteiger partial charge in [0, 0.05) is 37.5 Å². The van der Waals surface area contributed by atoms with Gasteiger partial charge in [-0.3, -0.25) is 9.58 Å². The van der Waals surface area contributed by atoms with E-state index >= 15 is 0 Å². The molecule has 0 amide bonds. The summed E-state index contributed by atoms with van der Waals surface area (Å²) in [4.78, 5) is 2.35. The van der Waals surface area contributed by atoms with Crippen molar-refractivity contribution in [2.45, 2.75) is 51.4 Å². The van der Waals surface area contributed by atoms with Gasteiger partial charge in [0.25, 0.3) is 0 Å². The average molecular weight is 266 g/mol. The van der Waals surface area contributed by atoms with Crippen LogP contribution in [-0.4, -0.2) is 47.0 Å². The highest BCUT2D eigenvalue weighted by atomic mass is 16.5. The molecule has 2 rings (SSSR count). The fraction of sp³-hybridized carbons (Fsp3) is 0.786. The molecule has 2 heterocycles. The molecular formula is C14H26N4O. The van der Waals surface area contributed by atoms with E-state index in [0.717, 1.165) is 26.0 Å². The lowest BCUT2D eigenvalue weighted by Crippen LogP contribution is -2.41. The van der Waals surface area contributed by atoms with E-state index in [1.807, 2.05) is 10.9 Å². The first-order valence-corrected chi connectivity index (χ1v) is 7.23. The molecule has 1 aromatic rings. The van der Waals surface area contributed by atoms with Crippen LogP contribution in [0.1, 0.15) is 38.3 Å². The van der Waals surface area contributed by atoms with Crippen LogP contribution in [0.25, 0.3) is 0 Å². The summed E-state index contributed by atoms with van der Waals surface area (Å²) in [5.41, 5.74) is 7.19. The molecule has 0 aromatic carbocycles. The zero-order valence-electron chi connectivity index (χ0n) is 12.2. The molecule has 19 heavy (non-hydrogen) atoms. The first-order valence-electron chi connectivity index (χ1n) is 7.23. The molecular weight excluding hydrogens is 240 g/mol. The van der Waals surface area contributed by atoms with E-state index in [2.05, 4.69) is 37.1 Å². The molecule has 3 atom stereocenters. The first-order chi connectivity index (χ1) is 9.17. The summed E-state index contributed by atoms with van der Waals surface area (Å²) in [6, 6.07) is 0.669. The van der Waals surface area contributed by atoms with Gasteiger partial charge in [-0.05, 0) is 26.8 Å². The van der Waals surface area contributed by atoms with Gasteiger partial charge >= 0.3 is 0 Å². The molecule has 0 saturated carbocycles. The zero-order chi connectivity index (χ0) is 13.8. The number of aromatic nitrogens is 2. The maximum atomic E-state index is 5.98. The van der Waals surface area contributed by atoms with Gasteiger partial charge in [-0.2, -0.15) is 5.10 Å². The molecule has 5 nitrogen and oxygen atoms in total. The topological polar surface area (TPSA) is 56.3 Å². The van der Waals surface area contributed by atoms with Crippen LogP contribution in [0.4, 0.5) is 0 Å². The van der Waals surface area contributed by atoms with Crippen LogP contribution in [0.3, 0.4) is 0 Å². The lowest BCUT2D eigenvalue weighted by atomic mass is 10.0. The third-order valence-electron chi connectivity index (χ3n) is 4.06. The van der Waals surface area contributed by atoms with Crippen molar-refractivity contribution in [3.05, 3.63) is 18.0 Å². The van der Waals surface area contributed by atoms with Crippen molar-refractivity contribution in [1.82, 2.24) is 14.7 Å². The minimum absolute atomic E-state index is 0.222. The van der Waals surface area contributed by atoms with Gasteiger partial charge in [-0.25, -0.2) is 0 Å². The minimum Gasteiger partial charge on any atom is -0.377 e. The Morgan fingerprint density at radius 3 is 3.00 bits per heavy atom. The molecule has 1 aliphatic rings. The Hall–Kier alpha value is -0.910. The van der Waals surface area contributed by atoms with Gasteiger partial charge in [0.2, 0.25) is 0 Å². The second kappa shape index (κ2) is 6.50. The number of hydrogen-bond donors (Lipinski definition) is 1. The highest BCUT2D eigenvalue weighted by Crippen LogP contribution is 2.26. The fourth-order valence-corrected chi connectivity index (χ4v) is 2.93. The minimum atomic E-state index is 0.222.